The van der Waals surface area contributed by atoms with Gasteiger partial charge in [0.2, 0.25) is 0 Å². The number of fused-ring (bicyclic) bond motifs is 3. The first kappa shape index (κ1) is 24.1. The van der Waals surface area contributed by atoms with Gasteiger partial charge in [0, 0.05) is 0 Å². The summed E-state index contributed by atoms with van der Waals surface area (Å²) in [5.74, 6) is 0.952. The molecule has 3 aromatic rings. The molecule has 0 fully saturated rings. The van der Waals surface area contributed by atoms with Crippen molar-refractivity contribution in [3.8, 4) is 5.75 Å². The van der Waals surface area contributed by atoms with Crippen LogP contribution in [0.1, 0.15) is 20.3 Å². The fourth-order valence-corrected chi connectivity index (χ4v) is 2.79. The number of benzene rings is 2. The molecule has 0 aromatic heterocycles. The molecule has 0 bridgehead atoms. The fourth-order valence-electron chi connectivity index (χ4n) is 2.79. The monoisotopic (exact) mass is 448 g/mol. The first-order chi connectivity index (χ1) is 10.7. The molecule has 0 N–H and O–H groups in total. The summed E-state index contributed by atoms with van der Waals surface area (Å²) in [6.07, 6.45) is 6.41. The van der Waals surface area contributed by atoms with Crippen LogP contribution in [0.15, 0.2) is 65.8 Å². The van der Waals surface area contributed by atoms with E-state index in [2.05, 4.69) is 62.4 Å². The van der Waals surface area contributed by atoms with Crippen molar-refractivity contribution in [3.63, 3.8) is 0 Å². The summed E-state index contributed by atoms with van der Waals surface area (Å²) < 4.78 is 5.39. The Morgan fingerprint density at radius 2 is 1.64 bits per heavy atom. The number of hydrogen-bond donors (Lipinski definition) is 0. The Morgan fingerprint density at radius 3 is 2.20 bits per heavy atom. The van der Waals surface area contributed by atoms with E-state index in [-0.39, 0.29) is 51.0 Å². The van der Waals surface area contributed by atoms with Crippen LogP contribution in [-0.4, -0.2) is 7.11 Å². The van der Waals surface area contributed by atoms with Gasteiger partial charge < -0.3 is 29.6 Å². The summed E-state index contributed by atoms with van der Waals surface area (Å²) in [6, 6.07) is 16.8. The third-order valence-corrected chi connectivity index (χ3v) is 4.19. The number of ether oxygens (including phenoxy) is 1. The van der Waals surface area contributed by atoms with E-state index in [1.165, 1.54) is 32.7 Å². The van der Waals surface area contributed by atoms with Crippen LogP contribution in [-0.2, 0) is 26.2 Å². The first-order valence-electron chi connectivity index (χ1n) is 7.56. The summed E-state index contributed by atoms with van der Waals surface area (Å²) in [5.41, 5.74) is 2.71. The third-order valence-electron chi connectivity index (χ3n) is 4.19. The SMILES string of the molecule is CC1=[C-]CC=C1C.COc1cccc2[cH-]c3ccccc3c12.[Cl-].[Cl-].[Zr+4]. The van der Waals surface area contributed by atoms with E-state index in [9.17, 15) is 0 Å². The average molecular weight is 451 g/mol. The molecule has 0 amide bonds. The van der Waals surface area contributed by atoms with Crippen LogP contribution in [0.4, 0.5) is 0 Å². The molecule has 0 aliphatic heterocycles. The van der Waals surface area contributed by atoms with Crippen LogP contribution < -0.4 is 29.6 Å². The van der Waals surface area contributed by atoms with Crippen molar-refractivity contribution in [2.75, 3.05) is 7.11 Å². The van der Waals surface area contributed by atoms with Crippen LogP contribution in [0.3, 0.4) is 0 Å². The number of rotatable bonds is 1. The molecule has 0 saturated heterocycles. The molecular formula is C21H20Cl2OZr. The molecule has 0 unspecified atom stereocenters. The molecule has 0 radical (unpaired) electrons. The molecule has 0 atom stereocenters. The molecule has 0 spiro atoms. The Kier molecular flexibility index (Phi) is 10.5. The Bertz CT molecular complexity index is 862. The maximum Gasteiger partial charge on any atom is 4.00 e. The smallest absolute Gasteiger partial charge is 1.00 e. The van der Waals surface area contributed by atoms with Crippen LogP contribution in [0.5, 0.6) is 5.75 Å². The van der Waals surface area contributed by atoms with Gasteiger partial charge in [-0.1, -0.05) is 36.6 Å². The Labute approximate surface area is 181 Å². The Hall–Kier alpha value is -0.947. The Morgan fingerprint density at radius 1 is 0.960 bits per heavy atom. The van der Waals surface area contributed by atoms with Crippen LogP contribution in [0.2, 0.25) is 0 Å². The Balaban J connectivity index is 0.000000501. The molecule has 25 heavy (non-hydrogen) atoms. The van der Waals surface area contributed by atoms with Crippen molar-refractivity contribution in [2.45, 2.75) is 20.3 Å². The van der Waals surface area contributed by atoms with E-state index in [0.29, 0.717) is 0 Å². The van der Waals surface area contributed by atoms with Crippen molar-refractivity contribution in [1.82, 2.24) is 0 Å². The normalized spacial score (nSPS) is 12.0. The standard InChI is InChI=1S/C14H11O.C7H9.2ClH.Zr/c1-15-13-8-4-6-11-9-10-5-2-3-7-12(10)14(11)13;1-6-4-3-5-7(6)2;;;/h2-9H,1H3;4H,3H2,1-2H3;2*1H;/q2*-1;;;+4/p-2. The largest absolute Gasteiger partial charge is 4.00 e. The summed E-state index contributed by atoms with van der Waals surface area (Å²) in [7, 11) is 1.72. The maximum atomic E-state index is 5.39. The molecule has 1 aliphatic carbocycles. The van der Waals surface area contributed by atoms with E-state index in [0.717, 1.165) is 12.2 Å². The molecule has 128 valence electrons. The molecule has 1 nitrogen and oxygen atoms in total. The van der Waals surface area contributed by atoms with Crippen molar-refractivity contribution in [3.05, 3.63) is 71.8 Å². The van der Waals surface area contributed by atoms with E-state index in [4.69, 9.17) is 4.74 Å². The summed E-state index contributed by atoms with van der Waals surface area (Å²) in [6.45, 7) is 4.22. The molecule has 0 saturated carbocycles. The first-order valence-corrected chi connectivity index (χ1v) is 7.56. The van der Waals surface area contributed by atoms with Gasteiger partial charge in [0.05, 0.1) is 12.9 Å². The summed E-state index contributed by atoms with van der Waals surface area (Å²) in [4.78, 5) is 0. The zero-order chi connectivity index (χ0) is 15.5. The topological polar surface area (TPSA) is 9.23 Å². The minimum Gasteiger partial charge on any atom is -1.00 e. The van der Waals surface area contributed by atoms with Crippen molar-refractivity contribution in [1.29, 1.82) is 0 Å². The van der Waals surface area contributed by atoms with E-state index in [1.807, 2.05) is 12.1 Å². The van der Waals surface area contributed by atoms with Gasteiger partial charge in [-0.05, 0) is 6.07 Å². The van der Waals surface area contributed by atoms with Crippen LogP contribution in [0, 0.1) is 6.08 Å². The van der Waals surface area contributed by atoms with Gasteiger partial charge in [0.25, 0.3) is 0 Å². The van der Waals surface area contributed by atoms with Crippen LogP contribution in [0.25, 0.3) is 21.5 Å². The van der Waals surface area contributed by atoms with Gasteiger partial charge in [-0.2, -0.15) is 6.08 Å². The van der Waals surface area contributed by atoms with Crippen molar-refractivity contribution < 1.29 is 55.8 Å². The van der Waals surface area contributed by atoms with Gasteiger partial charge in [-0.15, -0.1) is 47.7 Å². The minimum atomic E-state index is 0. The average Bonchev–Trinajstić information content (AvgIpc) is 3.11. The predicted octanol–water partition coefficient (Wildman–Crippen LogP) is -0.188. The molecule has 3 aromatic carbocycles. The quantitative estimate of drug-likeness (QED) is 0.468. The van der Waals surface area contributed by atoms with E-state index < -0.39 is 0 Å². The molecule has 4 heteroatoms. The second-order valence-electron chi connectivity index (χ2n) is 5.55. The van der Waals surface area contributed by atoms with Gasteiger partial charge in [0.15, 0.2) is 0 Å². The maximum absolute atomic E-state index is 5.39. The minimum absolute atomic E-state index is 0. The van der Waals surface area contributed by atoms with Gasteiger partial charge >= 0.3 is 26.2 Å². The van der Waals surface area contributed by atoms with Crippen LogP contribution >= 0.6 is 0 Å². The number of halogens is 2. The number of hydrogen-bond acceptors (Lipinski definition) is 1. The van der Waals surface area contributed by atoms with E-state index in [1.54, 1.807) is 7.11 Å². The molecule has 0 heterocycles. The van der Waals surface area contributed by atoms with Crippen molar-refractivity contribution in [2.24, 2.45) is 0 Å². The second kappa shape index (κ2) is 10.9. The predicted molar refractivity (Wildman–Crippen MR) is 94.4 cm³/mol. The zero-order valence-electron chi connectivity index (χ0n) is 14.6. The molecular weight excluding hydrogens is 430 g/mol. The fraction of sp³-hybridized carbons (Fsp3) is 0.190. The van der Waals surface area contributed by atoms with E-state index >= 15 is 0 Å². The third kappa shape index (κ3) is 5.27. The van der Waals surface area contributed by atoms with Gasteiger partial charge in [0.1, 0.15) is 0 Å². The van der Waals surface area contributed by atoms with Gasteiger partial charge in [-0.25, -0.2) is 11.1 Å². The zero-order valence-corrected chi connectivity index (χ0v) is 18.5. The van der Waals surface area contributed by atoms with Gasteiger partial charge in [-0.3, -0.25) is 6.08 Å². The number of methoxy groups -OCH3 is 1. The number of allylic oxidation sites excluding steroid dienone is 4. The molecule has 4 rings (SSSR count). The summed E-state index contributed by atoms with van der Waals surface area (Å²) in [5, 5.41) is 5.01. The molecule has 1 aliphatic rings. The second-order valence-corrected chi connectivity index (χ2v) is 5.55. The summed E-state index contributed by atoms with van der Waals surface area (Å²) >= 11 is 0. The van der Waals surface area contributed by atoms with Crippen molar-refractivity contribution >= 4 is 21.5 Å².